The zero-order chi connectivity index (χ0) is 19.8. The normalized spacial score (nSPS) is 10.6. The molecule has 0 aliphatic carbocycles. The summed E-state index contributed by atoms with van der Waals surface area (Å²) < 4.78 is 13.0. The Kier molecular flexibility index (Phi) is 7.34. The minimum absolute atomic E-state index is 0.0617. The van der Waals surface area contributed by atoms with Gasteiger partial charge in [-0.3, -0.25) is 9.59 Å². The number of anilines is 1. The van der Waals surface area contributed by atoms with Gasteiger partial charge in [0.05, 0.1) is 12.1 Å². The maximum atomic E-state index is 13.0. The third-order valence-electron chi connectivity index (χ3n) is 4.03. The summed E-state index contributed by atoms with van der Waals surface area (Å²) in [6.45, 7) is 5.09. The number of hydrogen-bond donors (Lipinski definition) is 2. The zero-order valence-corrected chi connectivity index (χ0v) is 16.0. The lowest BCUT2D eigenvalue weighted by atomic mass is 10.1. The first-order valence-electron chi connectivity index (χ1n) is 8.96. The Morgan fingerprint density at radius 3 is 2.41 bits per heavy atom. The van der Waals surface area contributed by atoms with E-state index in [2.05, 4.69) is 10.6 Å². The van der Waals surface area contributed by atoms with Crippen LogP contribution in [0.5, 0.6) is 0 Å². The predicted molar refractivity (Wildman–Crippen MR) is 105 cm³/mol. The van der Waals surface area contributed by atoms with Crippen molar-refractivity contribution >= 4 is 17.5 Å². The lowest BCUT2D eigenvalue weighted by molar-refractivity contribution is -0.128. The maximum Gasteiger partial charge on any atom is 0.253 e. The Morgan fingerprint density at radius 2 is 1.74 bits per heavy atom. The van der Waals surface area contributed by atoms with E-state index < -0.39 is 0 Å². The molecule has 27 heavy (non-hydrogen) atoms. The number of benzene rings is 2. The van der Waals surface area contributed by atoms with Gasteiger partial charge in [-0.15, -0.1) is 0 Å². The van der Waals surface area contributed by atoms with Gasteiger partial charge in [-0.2, -0.15) is 0 Å². The highest BCUT2D eigenvalue weighted by Crippen LogP contribution is 2.15. The number of carbonyl (C=O) groups excluding carboxylic acids is 2. The van der Waals surface area contributed by atoms with Crippen molar-refractivity contribution in [3.63, 3.8) is 0 Å². The van der Waals surface area contributed by atoms with Gasteiger partial charge in [0.15, 0.2) is 0 Å². The summed E-state index contributed by atoms with van der Waals surface area (Å²) in [5.74, 6) is -0.242. The SMILES string of the molecule is CC(C)CNC(=O)c1ccccc1NCC(=O)N(C)Cc1ccc(F)cc1. The first-order valence-corrected chi connectivity index (χ1v) is 8.96. The topological polar surface area (TPSA) is 61.4 Å². The van der Waals surface area contributed by atoms with Crippen LogP contribution < -0.4 is 10.6 Å². The van der Waals surface area contributed by atoms with Gasteiger partial charge in [-0.05, 0) is 35.7 Å². The summed E-state index contributed by atoms with van der Waals surface area (Å²) >= 11 is 0. The third kappa shape index (κ3) is 6.40. The van der Waals surface area contributed by atoms with Crippen LogP contribution in [-0.4, -0.2) is 36.9 Å². The van der Waals surface area contributed by atoms with Crippen LogP contribution in [0.25, 0.3) is 0 Å². The molecule has 0 saturated carbocycles. The Labute approximate surface area is 159 Å². The highest BCUT2D eigenvalue weighted by molar-refractivity contribution is 6.00. The van der Waals surface area contributed by atoms with E-state index in [-0.39, 0.29) is 24.2 Å². The van der Waals surface area contributed by atoms with Gasteiger partial charge in [-0.25, -0.2) is 4.39 Å². The van der Waals surface area contributed by atoms with Crippen LogP contribution >= 0.6 is 0 Å². The molecule has 2 rings (SSSR count). The fourth-order valence-corrected chi connectivity index (χ4v) is 2.48. The van der Waals surface area contributed by atoms with Gasteiger partial charge >= 0.3 is 0 Å². The largest absolute Gasteiger partial charge is 0.376 e. The lowest BCUT2D eigenvalue weighted by Crippen LogP contribution is -2.32. The standard InChI is InChI=1S/C21H26FN3O2/c1-15(2)12-24-21(27)18-6-4-5-7-19(18)23-13-20(26)25(3)14-16-8-10-17(22)11-9-16/h4-11,15,23H,12-14H2,1-3H3,(H,24,27). The van der Waals surface area contributed by atoms with Crippen LogP contribution in [0.1, 0.15) is 29.8 Å². The van der Waals surface area contributed by atoms with Gasteiger partial charge in [0.2, 0.25) is 5.91 Å². The molecule has 0 radical (unpaired) electrons. The van der Waals surface area contributed by atoms with E-state index in [1.807, 2.05) is 19.9 Å². The molecule has 2 aromatic carbocycles. The van der Waals surface area contributed by atoms with E-state index in [0.717, 1.165) is 5.56 Å². The Morgan fingerprint density at radius 1 is 1.07 bits per heavy atom. The minimum Gasteiger partial charge on any atom is -0.376 e. The molecule has 0 atom stereocenters. The molecule has 0 spiro atoms. The van der Waals surface area contributed by atoms with Gasteiger partial charge in [-0.1, -0.05) is 38.1 Å². The van der Waals surface area contributed by atoms with Crippen molar-refractivity contribution in [2.24, 2.45) is 5.92 Å². The van der Waals surface area contributed by atoms with E-state index in [1.54, 1.807) is 42.3 Å². The van der Waals surface area contributed by atoms with Crippen molar-refractivity contribution in [2.75, 3.05) is 25.5 Å². The Hall–Kier alpha value is -2.89. The molecule has 0 fully saturated rings. The highest BCUT2D eigenvalue weighted by atomic mass is 19.1. The van der Waals surface area contributed by atoms with Crippen molar-refractivity contribution in [3.05, 3.63) is 65.5 Å². The predicted octanol–water partition coefficient (Wildman–Crippen LogP) is 3.28. The van der Waals surface area contributed by atoms with Crippen LogP contribution in [0, 0.1) is 11.7 Å². The molecule has 6 heteroatoms. The summed E-state index contributed by atoms with van der Waals surface area (Å²) in [6, 6.07) is 13.2. The molecule has 0 aromatic heterocycles. The number of nitrogens with zero attached hydrogens (tertiary/aromatic N) is 1. The van der Waals surface area contributed by atoms with Crippen molar-refractivity contribution in [3.8, 4) is 0 Å². The summed E-state index contributed by atoms with van der Waals surface area (Å²) in [5.41, 5.74) is 1.97. The fraction of sp³-hybridized carbons (Fsp3) is 0.333. The van der Waals surface area contributed by atoms with E-state index >= 15 is 0 Å². The summed E-state index contributed by atoms with van der Waals surface area (Å²) in [5, 5.41) is 5.93. The quantitative estimate of drug-likeness (QED) is 0.749. The molecule has 0 saturated heterocycles. The maximum absolute atomic E-state index is 13.0. The van der Waals surface area contributed by atoms with Crippen LogP contribution in [0.4, 0.5) is 10.1 Å². The van der Waals surface area contributed by atoms with Crippen LogP contribution in [0.15, 0.2) is 48.5 Å². The minimum atomic E-state index is -0.304. The number of halogens is 1. The lowest BCUT2D eigenvalue weighted by Gasteiger charge is -2.19. The van der Waals surface area contributed by atoms with Gasteiger partial charge < -0.3 is 15.5 Å². The van der Waals surface area contributed by atoms with E-state index in [0.29, 0.717) is 30.3 Å². The molecule has 2 N–H and O–H groups in total. The average molecular weight is 371 g/mol. The number of hydrogen-bond acceptors (Lipinski definition) is 3. The summed E-state index contributed by atoms with van der Waals surface area (Å²) in [6.07, 6.45) is 0. The van der Waals surface area contributed by atoms with Crippen molar-refractivity contribution in [1.82, 2.24) is 10.2 Å². The molecule has 5 nitrogen and oxygen atoms in total. The van der Waals surface area contributed by atoms with E-state index in [1.165, 1.54) is 12.1 Å². The Bertz CT molecular complexity index is 775. The number of amides is 2. The van der Waals surface area contributed by atoms with Crippen LogP contribution in [0.3, 0.4) is 0 Å². The molecule has 144 valence electrons. The fourth-order valence-electron chi connectivity index (χ4n) is 2.48. The number of carbonyl (C=O) groups is 2. The molecule has 0 bridgehead atoms. The number of likely N-dealkylation sites (N-methyl/N-ethyl adjacent to an activating group) is 1. The number of nitrogens with one attached hydrogen (secondary N) is 2. The molecule has 2 amide bonds. The number of rotatable bonds is 8. The second kappa shape index (κ2) is 9.71. The van der Waals surface area contributed by atoms with Crippen molar-refractivity contribution in [1.29, 1.82) is 0 Å². The van der Waals surface area contributed by atoms with Crippen molar-refractivity contribution in [2.45, 2.75) is 20.4 Å². The molecule has 0 aliphatic rings. The molecular weight excluding hydrogens is 345 g/mol. The first-order chi connectivity index (χ1) is 12.9. The zero-order valence-electron chi connectivity index (χ0n) is 16.0. The Balaban J connectivity index is 1.94. The smallest absolute Gasteiger partial charge is 0.253 e. The molecule has 0 unspecified atom stereocenters. The second-order valence-electron chi connectivity index (χ2n) is 6.88. The molecule has 0 heterocycles. The van der Waals surface area contributed by atoms with Gasteiger partial charge in [0.25, 0.3) is 5.91 Å². The molecule has 2 aromatic rings. The summed E-state index contributed by atoms with van der Waals surface area (Å²) in [4.78, 5) is 26.3. The van der Waals surface area contributed by atoms with E-state index in [4.69, 9.17) is 0 Å². The molecule has 0 aliphatic heterocycles. The van der Waals surface area contributed by atoms with Gasteiger partial charge in [0, 0.05) is 25.8 Å². The highest BCUT2D eigenvalue weighted by Gasteiger charge is 2.14. The second-order valence-corrected chi connectivity index (χ2v) is 6.88. The number of para-hydroxylation sites is 1. The summed E-state index contributed by atoms with van der Waals surface area (Å²) in [7, 11) is 1.69. The first kappa shape index (κ1) is 20.4. The van der Waals surface area contributed by atoms with Crippen molar-refractivity contribution < 1.29 is 14.0 Å². The molecular formula is C21H26FN3O2. The van der Waals surface area contributed by atoms with Crippen LogP contribution in [-0.2, 0) is 11.3 Å². The third-order valence-corrected chi connectivity index (χ3v) is 4.03. The average Bonchev–Trinajstić information content (AvgIpc) is 2.66. The van der Waals surface area contributed by atoms with Gasteiger partial charge in [0.1, 0.15) is 5.82 Å². The monoisotopic (exact) mass is 371 g/mol. The van der Waals surface area contributed by atoms with Crippen LogP contribution in [0.2, 0.25) is 0 Å². The van der Waals surface area contributed by atoms with E-state index in [9.17, 15) is 14.0 Å².